The quantitative estimate of drug-likeness (QED) is 0.834. The number of ether oxygens (including phenoxy) is 1. The zero-order valence-corrected chi connectivity index (χ0v) is 11.2. The highest BCUT2D eigenvalue weighted by atomic mass is 16.5. The molecule has 0 unspecified atom stereocenters. The number of ketones is 1. The van der Waals surface area contributed by atoms with Gasteiger partial charge in [0.2, 0.25) is 5.91 Å². The molecule has 1 aromatic carbocycles. The summed E-state index contributed by atoms with van der Waals surface area (Å²) in [5.74, 6) is -0.346. The van der Waals surface area contributed by atoms with Crippen LogP contribution in [0.3, 0.4) is 0 Å². The first-order chi connectivity index (χ1) is 8.29. The smallest absolute Gasteiger partial charge is 0.250 e. The predicted octanol–water partition coefficient (Wildman–Crippen LogP) is 2.64. The van der Waals surface area contributed by atoms with Crippen LogP contribution in [0.25, 0.3) is 0 Å². The van der Waals surface area contributed by atoms with Gasteiger partial charge in [0, 0.05) is 5.56 Å². The van der Waals surface area contributed by atoms with Crippen molar-refractivity contribution in [2.75, 3.05) is 11.9 Å². The van der Waals surface area contributed by atoms with Gasteiger partial charge in [-0.05, 0) is 39.8 Å². The maximum Gasteiger partial charge on any atom is 0.250 e. The molecule has 0 bridgehead atoms. The molecule has 0 heterocycles. The minimum absolute atomic E-state index is 0.0320. The van der Waals surface area contributed by atoms with E-state index in [0.717, 1.165) is 0 Å². The molecule has 18 heavy (non-hydrogen) atoms. The van der Waals surface area contributed by atoms with E-state index in [2.05, 4.69) is 5.32 Å². The molecule has 0 atom stereocenters. The monoisotopic (exact) mass is 249 g/mol. The number of hydrogen-bond acceptors (Lipinski definition) is 3. The first-order valence-electron chi connectivity index (χ1n) is 5.83. The molecule has 0 saturated heterocycles. The largest absolute Gasteiger partial charge is 0.366 e. The van der Waals surface area contributed by atoms with Gasteiger partial charge in [-0.2, -0.15) is 0 Å². The van der Waals surface area contributed by atoms with Crippen molar-refractivity contribution in [2.45, 2.75) is 33.3 Å². The van der Waals surface area contributed by atoms with E-state index in [4.69, 9.17) is 4.74 Å². The van der Waals surface area contributed by atoms with Crippen LogP contribution in [0.5, 0.6) is 0 Å². The molecule has 4 heteroatoms. The number of rotatable bonds is 4. The molecule has 0 aliphatic carbocycles. The molecule has 0 saturated carbocycles. The van der Waals surface area contributed by atoms with E-state index in [1.165, 1.54) is 6.92 Å². The minimum atomic E-state index is -0.364. The summed E-state index contributed by atoms with van der Waals surface area (Å²) in [6.07, 6.45) is 0. The summed E-state index contributed by atoms with van der Waals surface area (Å²) in [5, 5.41) is 2.68. The third-order valence-electron chi connectivity index (χ3n) is 2.22. The number of carbonyl (C=O) groups is 2. The fraction of sp³-hybridized carbons (Fsp3) is 0.429. The van der Waals surface area contributed by atoms with Crippen LogP contribution in [0.15, 0.2) is 24.3 Å². The lowest BCUT2D eigenvalue weighted by atomic mass is 10.1. The predicted molar refractivity (Wildman–Crippen MR) is 70.8 cm³/mol. The molecule has 98 valence electrons. The molecule has 1 amide bonds. The van der Waals surface area contributed by atoms with E-state index in [0.29, 0.717) is 11.3 Å². The highest BCUT2D eigenvalue weighted by Gasteiger charge is 2.14. The van der Waals surface area contributed by atoms with Crippen molar-refractivity contribution >= 4 is 17.4 Å². The van der Waals surface area contributed by atoms with Crippen molar-refractivity contribution in [1.82, 2.24) is 0 Å². The number of para-hydroxylation sites is 1. The number of carbonyl (C=O) groups excluding carboxylic acids is 2. The third-order valence-corrected chi connectivity index (χ3v) is 2.22. The van der Waals surface area contributed by atoms with E-state index in [1.54, 1.807) is 24.3 Å². The van der Waals surface area contributed by atoms with Crippen LogP contribution in [0.4, 0.5) is 5.69 Å². The summed E-state index contributed by atoms with van der Waals surface area (Å²) in [5.41, 5.74) is 0.659. The minimum Gasteiger partial charge on any atom is -0.366 e. The number of amides is 1. The number of hydrogen-bond donors (Lipinski definition) is 1. The van der Waals surface area contributed by atoms with Crippen LogP contribution in [0.1, 0.15) is 38.1 Å². The van der Waals surface area contributed by atoms with Gasteiger partial charge >= 0.3 is 0 Å². The zero-order chi connectivity index (χ0) is 13.8. The Hall–Kier alpha value is -1.68. The molecule has 0 aromatic heterocycles. The van der Waals surface area contributed by atoms with E-state index in [1.807, 2.05) is 20.8 Å². The van der Waals surface area contributed by atoms with Crippen LogP contribution in [-0.2, 0) is 9.53 Å². The Kier molecular flexibility index (Phi) is 4.62. The van der Waals surface area contributed by atoms with Gasteiger partial charge in [-0.15, -0.1) is 0 Å². The van der Waals surface area contributed by atoms with Crippen molar-refractivity contribution in [3.8, 4) is 0 Å². The van der Waals surface area contributed by atoms with Gasteiger partial charge in [-0.25, -0.2) is 0 Å². The maximum atomic E-state index is 11.7. The van der Waals surface area contributed by atoms with Crippen molar-refractivity contribution in [2.24, 2.45) is 0 Å². The van der Waals surface area contributed by atoms with Gasteiger partial charge in [-0.3, -0.25) is 9.59 Å². The van der Waals surface area contributed by atoms with Gasteiger partial charge in [0.1, 0.15) is 6.61 Å². The molecule has 0 aliphatic rings. The highest BCUT2D eigenvalue weighted by Crippen LogP contribution is 2.15. The van der Waals surface area contributed by atoms with Crippen LogP contribution < -0.4 is 5.32 Å². The van der Waals surface area contributed by atoms with Crippen molar-refractivity contribution < 1.29 is 14.3 Å². The Labute approximate surface area is 107 Å². The third kappa shape index (κ3) is 4.67. The Balaban J connectivity index is 2.68. The second kappa shape index (κ2) is 5.78. The van der Waals surface area contributed by atoms with E-state index < -0.39 is 0 Å². The number of anilines is 1. The first kappa shape index (κ1) is 14.4. The number of Topliss-reactive ketones (excluding diaryl/α,β-unsaturated/α-hetero) is 1. The highest BCUT2D eigenvalue weighted by molar-refractivity contribution is 6.03. The lowest BCUT2D eigenvalue weighted by molar-refractivity contribution is -0.125. The molecule has 0 fully saturated rings. The summed E-state index contributed by atoms with van der Waals surface area (Å²) in [6, 6.07) is 6.92. The van der Waals surface area contributed by atoms with Gasteiger partial charge < -0.3 is 10.1 Å². The van der Waals surface area contributed by atoms with E-state index in [-0.39, 0.29) is 23.9 Å². The molecule has 0 radical (unpaired) electrons. The van der Waals surface area contributed by atoms with Gasteiger partial charge in [-0.1, -0.05) is 12.1 Å². The second-order valence-corrected chi connectivity index (χ2v) is 5.05. The average molecular weight is 249 g/mol. The maximum absolute atomic E-state index is 11.7. The van der Waals surface area contributed by atoms with Crippen LogP contribution >= 0.6 is 0 Å². The molecule has 1 rings (SSSR count). The molecular weight excluding hydrogens is 230 g/mol. The summed E-state index contributed by atoms with van der Waals surface area (Å²) < 4.78 is 5.37. The molecule has 1 aromatic rings. The second-order valence-electron chi connectivity index (χ2n) is 5.05. The molecule has 0 spiro atoms. The standard InChI is InChI=1S/C14H19NO3/c1-10(16)11-7-5-6-8-12(11)15-13(17)9-18-14(2,3)4/h5-8H,9H2,1-4H3,(H,15,17). The lowest BCUT2D eigenvalue weighted by Crippen LogP contribution is -2.27. The zero-order valence-electron chi connectivity index (χ0n) is 11.2. The summed E-state index contributed by atoms with van der Waals surface area (Å²) in [7, 11) is 0. The Morgan fingerprint density at radius 2 is 1.83 bits per heavy atom. The van der Waals surface area contributed by atoms with E-state index in [9.17, 15) is 9.59 Å². The van der Waals surface area contributed by atoms with Crippen molar-refractivity contribution in [1.29, 1.82) is 0 Å². The average Bonchev–Trinajstić information content (AvgIpc) is 2.26. The Bertz CT molecular complexity index is 447. The topological polar surface area (TPSA) is 55.4 Å². The van der Waals surface area contributed by atoms with Crippen molar-refractivity contribution in [3.05, 3.63) is 29.8 Å². The van der Waals surface area contributed by atoms with Crippen LogP contribution in [0, 0.1) is 0 Å². The van der Waals surface area contributed by atoms with Gasteiger partial charge in [0.05, 0.1) is 11.3 Å². The Morgan fingerprint density at radius 3 is 2.39 bits per heavy atom. The van der Waals surface area contributed by atoms with Gasteiger partial charge in [0.15, 0.2) is 5.78 Å². The summed E-state index contributed by atoms with van der Waals surface area (Å²) in [4.78, 5) is 23.1. The Morgan fingerprint density at radius 1 is 1.22 bits per heavy atom. The first-order valence-corrected chi connectivity index (χ1v) is 5.83. The molecule has 1 N–H and O–H groups in total. The number of nitrogens with one attached hydrogen (secondary N) is 1. The molecule has 0 aliphatic heterocycles. The normalized spacial score (nSPS) is 11.1. The molecule has 4 nitrogen and oxygen atoms in total. The van der Waals surface area contributed by atoms with E-state index >= 15 is 0 Å². The van der Waals surface area contributed by atoms with Gasteiger partial charge in [0.25, 0.3) is 0 Å². The lowest BCUT2D eigenvalue weighted by Gasteiger charge is -2.19. The summed E-state index contributed by atoms with van der Waals surface area (Å²) in [6.45, 7) is 7.07. The number of benzene rings is 1. The molecular formula is C14H19NO3. The fourth-order valence-electron chi connectivity index (χ4n) is 1.37. The summed E-state index contributed by atoms with van der Waals surface area (Å²) >= 11 is 0. The van der Waals surface area contributed by atoms with Crippen LogP contribution in [-0.4, -0.2) is 23.9 Å². The van der Waals surface area contributed by atoms with Crippen LogP contribution in [0.2, 0.25) is 0 Å². The fourth-order valence-corrected chi connectivity index (χ4v) is 1.37. The SMILES string of the molecule is CC(=O)c1ccccc1NC(=O)COC(C)(C)C. The van der Waals surface area contributed by atoms with Crippen molar-refractivity contribution in [3.63, 3.8) is 0 Å².